The first-order chi connectivity index (χ1) is 13.0. The number of benzene rings is 1. The van der Waals surface area contributed by atoms with Crippen LogP contribution in [0, 0.1) is 5.82 Å². The molecule has 0 fully saturated rings. The van der Waals surface area contributed by atoms with E-state index in [9.17, 15) is 14.0 Å². The van der Waals surface area contributed by atoms with Crippen LogP contribution in [0.5, 0.6) is 5.75 Å². The molecular formula is C20H23FN2O3S. The Morgan fingerprint density at radius 3 is 2.74 bits per heavy atom. The van der Waals surface area contributed by atoms with Crippen molar-refractivity contribution in [3.05, 3.63) is 46.1 Å². The molecule has 0 unspecified atom stereocenters. The van der Waals surface area contributed by atoms with Crippen molar-refractivity contribution >= 4 is 28.2 Å². The van der Waals surface area contributed by atoms with E-state index in [4.69, 9.17) is 4.74 Å². The van der Waals surface area contributed by atoms with Gasteiger partial charge in [0.15, 0.2) is 17.7 Å². The Bertz CT molecular complexity index is 850. The van der Waals surface area contributed by atoms with Gasteiger partial charge in [-0.3, -0.25) is 9.59 Å². The third-order valence-corrected chi connectivity index (χ3v) is 5.69. The normalized spacial score (nSPS) is 14.2. The smallest absolute Gasteiger partial charge is 0.265 e. The van der Waals surface area contributed by atoms with E-state index < -0.39 is 17.8 Å². The Labute approximate surface area is 161 Å². The van der Waals surface area contributed by atoms with Gasteiger partial charge in [-0.1, -0.05) is 12.1 Å². The van der Waals surface area contributed by atoms with Crippen LogP contribution in [0.25, 0.3) is 0 Å². The molecule has 144 valence electrons. The van der Waals surface area contributed by atoms with Crippen LogP contribution in [0.2, 0.25) is 0 Å². The molecule has 2 aromatic rings. The van der Waals surface area contributed by atoms with Crippen molar-refractivity contribution < 1.29 is 18.7 Å². The Balaban J connectivity index is 1.80. The zero-order valence-corrected chi connectivity index (χ0v) is 16.2. The molecule has 0 bridgehead atoms. The second-order valence-electron chi connectivity index (χ2n) is 6.45. The third kappa shape index (κ3) is 4.30. The number of hydrogen-bond donors (Lipinski definition) is 2. The SMILES string of the molecule is CCNC(=O)c1c(NC(=O)[C@@H](C)Oc2ccccc2F)sc2c1CCCC2. The second-order valence-corrected chi connectivity index (χ2v) is 7.56. The number of amides is 2. The fraction of sp³-hybridized carbons (Fsp3) is 0.400. The maximum Gasteiger partial charge on any atom is 0.265 e. The molecule has 0 saturated heterocycles. The van der Waals surface area contributed by atoms with Crippen LogP contribution in [-0.2, 0) is 17.6 Å². The minimum Gasteiger partial charge on any atom is -0.478 e. The highest BCUT2D eigenvalue weighted by atomic mass is 32.1. The standard InChI is InChI=1S/C20H23FN2O3S/c1-3-22-19(25)17-13-8-4-7-11-16(13)27-20(17)23-18(24)12(2)26-15-10-6-5-9-14(15)21/h5-6,9-10,12H,3-4,7-8,11H2,1-2H3,(H,22,25)(H,23,24)/t12-/m1/s1. The minimum atomic E-state index is -0.900. The number of para-hydroxylation sites is 1. The largest absolute Gasteiger partial charge is 0.478 e. The lowest BCUT2D eigenvalue weighted by atomic mass is 9.95. The number of hydrogen-bond acceptors (Lipinski definition) is 4. The molecule has 0 radical (unpaired) electrons. The van der Waals surface area contributed by atoms with Crippen LogP contribution in [0.4, 0.5) is 9.39 Å². The number of carbonyl (C=O) groups excluding carboxylic acids is 2. The molecule has 0 aliphatic heterocycles. The van der Waals surface area contributed by atoms with E-state index in [0.29, 0.717) is 17.1 Å². The van der Waals surface area contributed by atoms with Gasteiger partial charge in [-0.15, -0.1) is 11.3 Å². The van der Waals surface area contributed by atoms with Crippen LogP contribution in [0.1, 0.15) is 47.5 Å². The summed E-state index contributed by atoms with van der Waals surface area (Å²) in [6.45, 7) is 3.93. The van der Waals surface area contributed by atoms with Gasteiger partial charge in [0.1, 0.15) is 5.00 Å². The summed E-state index contributed by atoms with van der Waals surface area (Å²) < 4.78 is 19.2. The van der Waals surface area contributed by atoms with Gasteiger partial charge in [0.05, 0.1) is 5.56 Å². The number of halogens is 1. The summed E-state index contributed by atoms with van der Waals surface area (Å²) in [5.74, 6) is -1.08. The van der Waals surface area contributed by atoms with Crippen molar-refractivity contribution in [2.75, 3.05) is 11.9 Å². The van der Waals surface area contributed by atoms with Gasteiger partial charge in [-0.05, 0) is 57.2 Å². The second kappa shape index (κ2) is 8.52. The first-order valence-corrected chi connectivity index (χ1v) is 9.97. The first-order valence-electron chi connectivity index (χ1n) is 9.16. The lowest BCUT2D eigenvalue weighted by molar-refractivity contribution is -0.122. The number of fused-ring (bicyclic) bond motifs is 1. The van der Waals surface area contributed by atoms with Gasteiger partial charge in [0.25, 0.3) is 11.8 Å². The number of ether oxygens (including phenoxy) is 1. The predicted octanol–water partition coefficient (Wildman–Crippen LogP) is 3.92. The highest BCUT2D eigenvalue weighted by molar-refractivity contribution is 7.17. The summed E-state index contributed by atoms with van der Waals surface area (Å²) in [7, 11) is 0. The van der Waals surface area contributed by atoms with Crippen LogP contribution >= 0.6 is 11.3 Å². The van der Waals surface area contributed by atoms with Crippen LogP contribution < -0.4 is 15.4 Å². The molecule has 3 rings (SSSR count). The fourth-order valence-corrected chi connectivity index (χ4v) is 4.43. The molecule has 27 heavy (non-hydrogen) atoms. The summed E-state index contributed by atoms with van der Waals surface area (Å²) in [6, 6.07) is 5.95. The van der Waals surface area contributed by atoms with E-state index in [1.165, 1.54) is 23.5 Å². The van der Waals surface area contributed by atoms with Crippen LogP contribution in [-0.4, -0.2) is 24.5 Å². The predicted molar refractivity (Wildman–Crippen MR) is 104 cm³/mol. The van der Waals surface area contributed by atoms with Crippen LogP contribution in [0.3, 0.4) is 0 Å². The number of nitrogens with one attached hydrogen (secondary N) is 2. The molecular weight excluding hydrogens is 367 g/mol. The Kier molecular flexibility index (Phi) is 6.11. The summed E-state index contributed by atoms with van der Waals surface area (Å²) in [4.78, 5) is 26.3. The molecule has 1 atom stereocenters. The van der Waals surface area contributed by atoms with Crippen molar-refractivity contribution in [1.82, 2.24) is 5.32 Å². The van der Waals surface area contributed by atoms with E-state index >= 15 is 0 Å². The Morgan fingerprint density at radius 2 is 2.00 bits per heavy atom. The zero-order valence-electron chi connectivity index (χ0n) is 15.4. The van der Waals surface area contributed by atoms with E-state index in [1.807, 2.05) is 6.92 Å². The molecule has 5 nitrogen and oxygen atoms in total. The molecule has 1 heterocycles. The molecule has 1 aliphatic carbocycles. The number of anilines is 1. The maximum atomic E-state index is 13.7. The number of thiophene rings is 1. The topological polar surface area (TPSA) is 67.4 Å². The molecule has 1 aliphatic rings. The van der Waals surface area contributed by atoms with Gasteiger partial charge in [0.2, 0.25) is 0 Å². The highest BCUT2D eigenvalue weighted by Crippen LogP contribution is 2.38. The third-order valence-electron chi connectivity index (χ3n) is 4.48. The quantitative estimate of drug-likeness (QED) is 0.786. The van der Waals surface area contributed by atoms with Gasteiger partial charge in [-0.2, -0.15) is 0 Å². The molecule has 1 aromatic heterocycles. The maximum absolute atomic E-state index is 13.7. The van der Waals surface area contributed by atoms with Crippen LogP contribution in [0.15, 0.2) is 24.3 Å². The van der Waals surface area contributed by atoms with E-state index in [1.54, 1.807) is 19.1 Å². The van der Waals surface area contributed by atoms with Crippen molar-refractivity contribution in [2.24, 2.45) is 0 Å². The average molecular weight is 390 g/mol. The summed E-state index contributed by atoms with van der Waals surface area (Å²) in [5, 5.41) is 6.19. The van der Waals surface area contributed by atoms with Crippen molar-refractivity contribution in [2.45, 2.75) is 45.6 Å². The number of aryl methyl sites for hydroxylation is 1. The van der Waals surface area contributed by atoms with E-state index in [0.717, 1.165) is 36.1 Å². The minimum absolute atomic E-state index is 0.0228. The molecule has 1 aromatic carbocycles. The summed E-state index contributed by atoms with van der Waals surface area (Å²) in [5.41, 5.74) is 1.60. The van der Waals surface area contributed by atoms with Crippen molar-refractivity contribution in [3.63, 3.8) is 0 Å². The monoisotopic (exact) mass is 390 g/mol. The summed E-state index contributed by atoms with van der Waals surface area (Å²) >= 11 is 1.45. The highest BCUT2D eigenvalue weighted by Gasteiger charge is 2.27. The van der Waals surface area contributed by atoms with E-state index in [2.05, 4.69) is 10.6 Å². The number of rotatable bonds is 6. The zero-order chi connectivity index (χ0) is 19.4. The first kappa shape index (κ1) is 19.4. The van der Waals surface area contributed by atoms with Crippen molar-refractivity contribution in [3.8, 4) is 5.75 Å². The molecule has 0 spiro atoms. The lowest BCUT2D eigenvalue weighted by Gasteiger charge is -2.15. The van der Waals surface area contributed by atoms with Gasteiger partial charge in [0, 0.05) is 11.4 Å². The Morgan fingerprint density at radius 1 is 1.26 bits per heavy atom. The molecule has 2 amide bonds. The van der Waals surface area contributed by atoms with Crippen molar-refractivity contribution in [1.29, 1.82) is 0 Å². The van der Waals surface area contributed by atoms with Gasteiger partial charge >= 0.3 is 0 Å². The van der Waals surface area contributed by atoms with Gasteiger partial charge in [-0.25, -0.2) is 4.39 Å². The fourth-order valence-electron chi connectivity index (χ4n) is 3.14. The molecule has 0 saturated carbocycles. The number of carbonyl (C=O) groups is 2. The molecule has 7 heteroatoms. The Hall–Kier alpha value is -2.41. The van der Waals surface area contributed by atoms with E-state index in [-0.39, 0.29) is 11.7 Å². The molecule has 2 N–H and O–H groups in total. The average Bonchev–Trinajstić information content (AvgIpc) is 3.01. The lowest BCUT2D eigenvalue weighted by Crippen LogP contribution is -2.31. The van der Waals surface area contributed by atoms with Gasteiger partial charge < -0.3 is 15.4 Å². The summed E-state index contributed by atoms with van der Waals surface area (Å²) in [6.07, 6.45) is 2.99.